The van der Waals surface area contributed by atoms with Crippen LogP contribution >= 0.6 is 11.8 Å². The van der Waals surface area contributed by atoms with Crippen LogP contribution in [0.2, 0.25) is 0 Å². The van der Waals surface area contributed by atoms with Crippen molar-refractivity contribution in [1.29, 1.82) is 0 Å². The Balaban J connectivity index is 1.74. The molecule has 3 aromatic rings. The number of rotatable bonds is 7. The second-order valence-corrected chi connectivity index (χ2v) is 6.82. The number of ether oxygens (including phenoxy) is 1. The Morgan fingerprint density at radius 2 is 2.07 bits per heavy atom. The number of hydrogen-bond donors (Lipinski definition) is 1. The predicted molar refractivity (Wildman–Crippen MR) is 108 cm³/mol. The van der Waals surface area contributed by atoms with Crippen molar-refractivity contribution in [3.63, 3.8) is 0 Å². The van der Waals surface area contributed by atoms with Gasteiger partial charge in [0.15, 0.2) is 5.16 Å². The first-order valence-corrected chi connectivity index (χ1v) is 9.53. The minimum absolute atomic E-state index is 0.309. The maximum atomic E-state index is 12.2. The molecule has 0 fully saturated rings. The molecule has 28 heavy (non-hydrogen) atoms. The highest BCUT2D eigenvalue weighted by Crippen LogP contribution is 2.27. The number of benzene rings is 1. The minimum Gasteiger partial charge on any atom is -0.496 e. The quantitative estimate of drug-likeness (QED) is 0.282. The van der Waals surface area contributed by atoms with Crippen molar-refractivity contribution in [2.24, 2.45) is 5.10 Å². The number of nitrogens with zero attached hydrogens (tertiary/aromatic N) is 3. The van der Waals surface area contributed by atoms with Gasteiger partial charge in [-0.2, -0.15) is 5.10 Å². The van der Waals surface area contributed by atoms with Gasteiger partial charge in [0.25, 0.3) is 5.91 Å². The summed E-state index contributed by atoms with van der Waals surface area (Å²) in [7, 11) is 1.64. The van der Waals surface area contributed by atoms with Crippen molar-refractivity contribution >= 4 is 23.4 Å². The lowest BCUT2D eigenvalue weighted by atomic mass is 10.1. The smallest absolute Gasteiger partial charge is 0.274 e. The van der Waals surface area contributed by atoms with Crippen LogP contribution in [0.25, 0.3) is 0 Å². The van der Waals surface area contributed by atoms with Gasteiger partial charge >= 0.3 is 0 Å². The number of carbonyl (C=O) groups excluding carboxylic acids is 1. The first kappa shape index (κ1) is 19.6. The molecule has 3 rings (SSSR count). The number of furan rings is 1. The predicted octanol–water partition coefficient (Wildman–Crippen LogP) is 3.83. The van der Waals surface area contributed by atoms with Crippen LogP contribution in [0, 0.1) is 6.92 Å². The van der Waals surface area contributed by atoms with Gasteiger partial charge in [0.2, 0.25) is 0 Å². The van der Waals surface area contributed by atoms with E-state index in [1.807, 2.05) is 25.1 Å². The molecule has 0 atom stereocenters. The summed E-state index contributed by atoms with van der Waals surface area (Å²) < 4.78 is 10.6. The molecule has 1 aromatic carbocycles. The highest BCUT2D eigenvalue weighted by Gasteiger charge is 2.12. The number of hydrazone groups is 1. The lowest BCUT2D eigenvalue weighted by Gasteiger charge is -2.10. The molecule has 144 valence electrons. The summed E-state index contributed by atoms with van der Waals surface area (Å²) in [6.07, 6.45) is 4.90. The van der Waals surface area contributed by atoms with E-state index in [1.165, 1.54) is 18.0 Å². The van der Waals surface area contributed by atoms with E-state index in [1.54, 1.807) is 38.6 Å². The molecule has 2 aromatic heterocycles. The Kier molecular flexibility index (Phi) is 6.44. The lowest BCUT2D eigenvalue weighted by molar-refractivity contribution is 0.0953. The monoisotopic (exact) mass is 396 g/mol. The Labute approximate surface area is 167 Å². The Morgan fingerprint density at radius 3 is 2.75 bits per heavy atom. The minimum atomic E-state index is -0.309. The van der Waals surface area contributed by atoms with E-state index in [2.05, 4.69) is 20.5 Å². The van der Waals surface area contributed by atoms with Crippen LogP contribution in [0.4, 0.5) is 0 Å². The van der Waals surface area contributed by atoms with Gasteiger partial charge in [-0.3, -0.25) is 4.79 Å². The van der Waals surface area contributed by atoms with Gasteiger partial charge in [-0.05, 0) is 49.7 Å². The fraction of sp³-hybridized carbons (Fsp3) is 0.200. The first-order valence-electron chi connectivity index (χ1n) is 8.54. The first-order chi connectivity index (χ1) is 13.6. The molecule has 8 heteroatoms. The Morgan fingerprint density at radius 1 is 1.29 bits per heavy atom. The summed E-state index contributed by atoms with van der Waals surface area (Å²) in [5.74, 6) is 1.67. The highest BCUT2D eigenvalue weighted by molar-refractivity contribution is 7.98. The summed E-state index contributed by atoms with van der Waals surface area (Å²) in [5.41, 5.74) is 5.58. The zero-order valence-electron chi connectivity index (χ0n) is 15.8. The van der Waals surface area contributed by atoms with Gasteiger partial charge in [-0.15, -0.1) is 0 Å². The molecule has 7 nitrogen and oxygen atoms in total. The molecule has 0 unspecified atom stereocenters. The van der Waals surface area contributed by atoms with Crippen molar-refractivity contribution in [1.82, 2.24) is 15.4 Å². The van der Waals surface area contributed by atoms with Gasteiger partial charge in [-0.1, -0.05) is 11.8 Å². The molecule has 0 aliphatic heterocycles. The van der Waals surface area contributed by atoms with Gasteiger partial charge in [-0.25, -0.2) is 15.4 Å². The molecule has 1 N–H and O–H groups in total. The summed E-state index contributed by atoms with van der Waals surface area (Å²) in [6.45, 7) is 3.57. The number of methoxy groups -OCH3 is 1. The van der Waals surface area contributed by atoms with Gasteiger partial charge < -0.3 is 9.15 Å². The van der Waals surface area contributed by atoms with Crippen molar-refractivity contribution in [2.45, 2.75) is 24.8 Å². The van der Waals surface area contributed by atoms with Gasteiger partial charge in [0.1, 0.15) is 11.5 Å². The second kappa shape index (κ2) is 9.18. The Hall–Kier alpha value is -3.13. The van der Waals surface area contributed by atoms with Crippen molar-refractivity contribution in [3.8, 4) is 5.75 Å². The average molecular weight is 396 g/mol. The van der Waals surface area contributed by atoms with Gasteiger partial charge in [0, 0.05) is 23.7 Å². The molecule has 2 heterocycles. The number of nitrogens with one attached hydrogen (secondary N) is 1. The van der Waals surface area contributed by atoms with Crippen LogP contribution in [0.5, 0.6) is 5.75 Å². The van der Waals surface area contributed by atoms with Crippen LogP contribution in [0.15, 0.2) is 63.7 Å². The lowest BCUT2D eigenvalue weighted by Crippen LogP contribution is -2.19. The largest absolute Gasteiger partial charge is 0.496 e. The maximum absolute atomic E-state index is 12.2. The summed E-state index contributed by atoms with van der Waals surface area (Å²) in [5, 5.41) is 4.91. The number of thioether (sulfide) groups is 1. The standard InChI is InChI=1S/C20H20N4O3S/c1-13(23-24-19(25)17-7-10-27-14(17)2)15-5-6-18(26-3)16(11-15)12-28-20-21-8-4-9-22-20/h4-11H,12H2,1-3H3,(H,24,25)/b23-13+. The molecule has 0 saturated heterocycles. The molecule has 0 saturated carbocycles. The molecule has 0 aliphatic rings. The SMILES string of the molecule is COc1ccc(/C(C)=N/NC(=O)c2ccoc2C)cc1CSc1ncccn1. The molecular formula is C20H20N4O3S. The van der Waals surface area contributed by atoms with E-state index in [0.717, 1.165) is 16.9 Å². The fourth-order valence-corrected chi connectivity index (χ4v) is 3.28. The third-order valence-corrected chi connectivity index (χ3v) is 4.95. The summed E-state index contributed by atoms with van der Waals surface area (Å²) >= 11 is 1.52. The van der Waals surface area contributed by atoms with E-state index in [-0.39, 0.29) is 5.91 Å². The molecule has 0 radical (unpaired) electrons. The number of aryl methyl sites for hydroxylation is 1. The topological polar surface area (TPSA) is 89.6 Å². The Bertz CT molecular complexity index is 986. The van der Waals surface area contributed by atoms with Crippen molar-refractivity contribution in [2.75, 3.05) is 7.11 Å². The summed E-state index contributed by atoms with van der Waals surface area (Å²) in [4.78, 5) is 20.6. The zero-order chi connectivity index (χ0) is 19.9. The molecule has 1 amide bonds. The van der Waals surface area contributed by atoms with Crippen LogP contribution in [-0.2, 0) is 5.75 Å². The third-order valence-electron chi connectivity index (χ3n) is 4.03. The van der Waals surface area contributed by atoms with Crippen molar-refractivity contribution in [3.05, 3.63) is 71.4 Å². The van der Waals surface area contributed by atoms with Gasteiger partial charge in [0.05, 0.1) is 24.6 Å². The van der Waals surface area contributed by atoms with Crippen LogP contribution < -0.4 is 10.2 Å². The van der Waals surface area contributed by atoms with E-state index in [9.17, 15) is 4.79 Å². The van der Waals surface area contributed by atoms with Crippen molar-refractivity contribution < 1.29 is 13.9 Å². The molecular weight excluding hydrogens is 376 g/mol. The third kappa shape index (κ3) is 4.77. The van der Waals surface area contributed by atoms with E-state index < -0.39 is 0 Å². The number of hydrogen-bond acceptors (Lipinski definition) is 7. The molecule has 0 bridgehead atoms. The van der Waals surface area contributed by atoms with E-state index in [0.29, 0.717) is 27.9 Å². The van der Waals surface area contributed by atoms with Crippen LogP contribution in [-0.4, -0.2) is 28.7 Å². The fourth-order valence-electron chi connectivity index (χ4n) is 2.50. The normalized spacial score (nSPS) is 11.3. The van der Waals surface area contributed by atoms with E-state index in [4.69, 9.17) is 9.15 Å². The molecule has 0 spiro atoms. The maximum Gasteiger partial charge on any atom is 0.274 e. The summed E-state index contributed by atoms with van der Waals surface area (Å²) in [6, 6.07) is 9.18. The van der Waals surface area contributed by atoms with Crippen LogP contribution in [0.3, 0.4) is 0 Å². The number of carbonyl (C=O) groups is 1. The number of amides is 1. The zero-order valence-corrected chi connectivity index (χ0v) is 16.6. The molecule has 0 aliphatic carbocycles. The van der Waals surface area contributed by atoms with Crippen LogP contribution in [0.1, 0.15) is 34.2 Å². The second-order valence-electron chi connectivity index (χ2n) is 5.88. The average Bonchev–Trinajstić information content (AvgIpc) is 3.16. The highest BCUT2D eigenvalue weighted by atomic mass is 32.2. The number of aromatic nitrogens is 2. The van der Waals surface area contributed by atoms with E-state index >= 15 is 0 Å².